The predicted octanol–water partition coefficient (Wildman–Crippen LogP) is 1.79. The van der Waals surface area contributed by atoms with Gasteiger partial charge in [-0.3, -0.25) is 0 Å². The van der Waals surface area contributed by atoms with Gasteiger partial charge in [0.2, 0.25) is 0 Å². The third-order valence-corrected chi connectivity index (χ3v) is 3.50. The largest absolute Gasteiger partial charge is 0.242 e. The van der Waals surface area contributed by atoms with E-state index >= 15 is 0 Å². The summed E-state index contributed by atoms with van der Waals surface area (Å²) in [7, 11) is -0.842. The summed E-state index contributed by atoms with van der Waals surface area (Å²) < 4.78 is 13.5. The van der Waals surface area contributed by atoms with Gasteiger partial charge in [-0.1, -0.05) is 13.8 Å². The van der Waals surface area contributed by atoms with Crippen molar-refractivity contribution >= 4 is 11.0 Å². The molecule has 0 saturated carbocycles. The highest BCUT2D eigenvalue weighted by Crippen LogP contribution is 2.14. The van der Waals surface area contributed by atoms with Crippen LogP contribution < -0.4 is 0 Å². The number of nitrogens with zero attached hydrogens (tertiary/aromatic N) is 1. The molecule has 1 unspecified atom stereocenters. The third kappa shape index (κ3) is 3.34. The molecule has 0 fully saturated rings. The van der Waals surface area contributed by atoms with E-state index in [2.05, 4.69) is 0 Å². The molecule has 0 aliphatic carbocycles. The van der Waals surface area contributed by atoms with Crippen LogP contribution in [0.5, 0.6) is 0 Å². The zero-order valence-electron chi connectivity index (χ0n) is 8.18. The van der Waals surface area contributed by atoms with E-state index in [0.29, 0.717) is 0 Å². The monoisotopic (exact) mass is 177 g/mol. The topological polar surface area (TPSA) is 20.3 Å². The van der Waals surface area contributed by atoms with Gasteiger partial charge in [-0.2, -0.15) is 0 Å². The van der Waals surface area contributed by atoms with E-state index in [9.17, 15) is 4.21 Å². The van der Waals surface area contributed by atoms with Gasteiger partial charge in [0.1, 0.15) is 0 Å². The molecule has 0 spiro atoms. The molecule has 0 aliphatic rings. The lowest BCUT2D eigenvalue weighted by atomic mass is 10.3. The van der Waals surface area contributed by atoms with E-state index in [1.807, 2.05) is 38.9 Å². The van der Waals surface area contributed by atoms with Crippen LogP contribution in [0.2, 0.25) is 0 Å². The van der Waals surface area contributed by atoms with Crippen molar-refractivity contribution in [2.24, 2.45) is 0 Å². The van der Waals surface area contributed by atoms with Gasteiger partial charge in [0.15, 0.2) is 0 Å². The fourth-order valence-electron chi connectivity index (χ4n) is 0.845. The van der Waals surface area contributed by atoms with Crippen molar-refractivity contribution < 1.29 is 4.21 Å². The maximum Gasteiger partial charge on any atom is 0.0997 e. The lowest BCUT2D eigenvalue weighted by molar-refractivity contribution is 0.472. The van der Waals surface area contributed by atoms with Crippen molar-refractivity contribution in [2.45, 2.75) is 39.4 Å². The van der Waals surface area contributed by atoms with Crippen LogP contribution in [0, 0.1) is 0 Å². The zero-order chi connectivity index (χ0) is 9.07. The normalized spacial score (nSPS) is 15.5. The Morgan fingerprint density at radius 2 is 1.55 bits per heavy atom. The molecule has 0 saturated heterocycles. The molecule has 1 atom stereocenters. The van der Waals surface area contributed by atoms with Crippen LogP contribution >= 0.6 is 0 Å². The molecule has 0 aromatic carbocycles. The molecule has 0 aromatic heterocycles. The average molecular weight is 177 g/mol. The van der Waals surface area contributed by atoms with Crippen molar-refractivity contribution in [3.63, 3.8) is 0 Å². The highest BCUT2D eigenvalue weighted by Gasteiger charge is 2.23. The van der Waals surface area contributed by atoms with Gasteiger partial charge >= 0.3 is 0 Å². The van der Waals surface area contributed by atoms with Crippen LogP contribution in [0.25, 0.3) is 0 Å². The maximum atomic E-state index is 11.7. The number of hydrogen-bond donors (Lipinski definition) is 0. The molecule has 2 nitrogen and oxygen atoms in total. The third-order valence-electron chi connectivity index (χ3n) is 1.46. The fourth-order valence-corrected chi connectivity index (χ4v) is 2.09. The van der Waals surface area contributed by atoms with E-state index < -0.39 is 11.0 Å². The Bertz CT molecular complexity index is 136. The highest BCUT2D eigenvalue weighted by atomic mass is 32.2. The summed E-state index contributed by atoms with van der Waals surface area (Å²) in [6.45, 7) is 11.8. The minimum Gasteiger partial charge on any atom is -0.242 e. The van der Waals surface area contributed by atoms with Crippen LogP contribution in [0.15, 0.2) is 0 Å². The second-order valence-corrected chi connectivity index (χ2v) is 5.72. The molecule has 0 radical (unpaired) electrons. The summed E-state index contributed by atoms with van der Waals surface area (Å²) in [5.41, 5.74) is 0. The molecule has 0 aliphatic heterocycles. The van der Waals surface area contributed by atoms with Gasteiger partial charge in [0.25, 0.3) is 0 Å². The van der Waals surface area contributed by atoms with Crippen LogP contribution in [-0.4, -0.2) is 26.4 Å². The van der Waals surface area contributed by atoms with E-state index in [1.54, 1.807) is 0 Å². The van der Waals surface area contributed by atoms with Gasteiger partial charge < -0.3 is 0 Å². The summed E-state index contributed by atoms with van der Waals surface area (Å²) in [6.07, 6.45) is 0. The molecule has 0 N–H and O–H groups in total. The second-order valence-electron chi connectivity index (χ2n) is 3.48. The molecular formula is C8H19NOS. The van der Waals surface area contributed by atoms with E-state index in [0.717, 1.165) is 13.1 Å². The smallest absolute Gasteiger partial charge is 0.0997 e. The Morgan fingerprint density at radius 3 is 1.64 bits per heavy atom. The molecule has 11 heavy (non-hydrogen) atoms. The van der Waals surface area contributed by atoms with E-state index in [1.165, 1.54) is 0 Å². The standard InChI is InChI=1S/C8H19NOS/c1-6-9(7-2)11(10)8(3,4)5/h6-7H2,1-5H3. The first-order valence-electron chi connectivity index (χ1n) is 4.10. The summed E-state index contributed by atoms with van der Waals surface area (Å²) in [5.74, 6) is 0. The quantitative estimate of drug-likeness (QED) is 0.643. The fraction of sp³-hybridized carbons (Fsp3) is 1.00. The molecular weight excluding hydrogens is 158 g/mol. The Kier molecular flexibility index (Phi) is 4.26. The lowest BCUT2D eigenvalue weighted by Crippen LogP contribution is -2.37. The van der Waals surface area contributed by atoms with Crippen LogP contribution in [0.1, 0.15) is 34.6 Å². The van der Waals surface area contributed by atoms with Gasteiger partial charge in [-0.25, -0.2) is 8.51 Å². The van der Waals surface area contributed by atoms with Gasteiger partial charge in [0, 0.05) is 13.1 Å². The lowest BCUT2D eigenvalue weighted by Gasteiger charge is -2.26. The Hall–Kier alpha value is 0.110. The minimum absolute atomic E-state index is 0.119. The SMILES string of the molecule is CCN(CC)S(=O)C(C)(C)C. The first kappa shape index (κ1) is 11.1. The molecule has 68 valence electrons. The van der Waals surface area contributed by atoms with Crippen molar-refractivity contribution in [2.75, 3.05) is 13.1 Å². The van der Waals surface area contributed by atoms with Gasteiger partial charge in [-0.05, 0) is 20.8 Å². The molecule has 3 heteroatoms. The van der Waals surface area contributed by atoms with Crippen molar-refractivity contribution in [1.82, 2.24) is 4.31 Å². The molecule has 0 heterocycles. The Morgan fingerprint density at radius 1 is 1.18 bits per heavy atom. The molecule has 0 bridgehead atoms. The average Bonchev–Trinajstić information content (AvgIpc) is 1.88. The minimum atomic E-state index is -0.842. The van der Waals surface area contributed by atoms with Crippen molar-refractivity contribution in [1.29, 1.82) is 0 Å². The van der Waals surface area contributed by atoms with Crippen LogP contribution in [0.4, 0.5) is 0 Å². The van der Waals surface area contributed by atoms with Crippen LogP contribution in [-0.2, 0) is 11.0 Å². The molecule has 0 amide bonds. The van der Waals surface area contributed by atoms with E-state index in [-0.39, 0.29) is 4.75 Å². The van der Waals surface area contributed by atoms with Gasteiger partial charge in [-0.15, -0.1) is 0 Å². The van der Waals surface area contributed by atoms with Crippen LogP contribution in [0.3, 0.4) is 0 Å². The number of rotatable bonds is 3. The molecule has 0 aromatic rings. The summed E-state index contributed by atoms with van der Waals surface area (Å²) >= 11 is 0. The van der Waals surface area contributed by atoms with Crippen molar-refractivity contribution in [3.8, 4) is 0 Å². The Balaban J connectivity index is 4.22. The Labute approximate surface area is 72.6 Å². The second kappa shape index (κ2) is 4.21. The zero-order valence-corrected chi connectivity index (χ0v) is 8.99. The first-order chi connectivity index (χ1) is 4.93. The van der Waals surface area contributed by atoms with Gasteiger partial charge in [0.05, 0.1) is 15.7 Å². The highest BCUT2D eigenvalue weighted by molar-refractivity contribution is 7.84. The summed E-state index contributed by atoms with van der Waals surface area (Å²) in [6, 6.07) is 0. The number of hydrogen-bond acceptors (Lipinski definition) is 1. The molecule has 0 rings (SSSR count). The summed E-state index contributed by atoms with van der Waals surface area (Å²) in [5, 5.41) is 0. The summed E-state index contributed by atoms with van der Waals surface area (Å²) in [4.78, 5) is 0. The maximum absolute atomic E-state index is 11.7. The first-order valence-corrected chi connectivity index (χ1v) is 5.21. The van der Waals surface area contributed by atoms with Crippen molar-refractivity contribution in [3.05, 3.63) is 0 Å². The predicted molar refractivity (Wildman–Crippen MR) is 50.8 cm³/mol. The van der Waals surface area contributed by atoms with E-state index in [4.69, 9.17) is 0 Å².